The van der Waals surface area contributed by atoms with Crippen LogP contribution >= 0.6 is 0 Å². The molecule has 150 valence electrons. The number of pyridine rings is 1. The molecule has 0 aliphatic carbocycles. The van der Waals surface area contributed by atoms with Crippen LogP contribution in [0.15, 0.2) is 71.9 Å². The highest BCUT2D eigenvalue weighted by Crippen LogP contribution is 2.25. The Hall–Kier alpha value is -3.74. The number of carbonyl (C=O) groups is 1. The first kappa shape index (κ1) is 18.3. The summed E-state index contributed by atoms with van der Waals surface area (Å²) in [6.45, 7) is 1.06. The maximum absolute atomic E-state index is 13.3. The Bertz CT molecular complexity index is 1260. The van der Waals surface area contributed by atoms with Crippen LogP contribution in [0.25, 0.3) is 22.2 Å². The minimum atomic E-state index is -0.172. The Kier molecular flexibility index (Phi) is 4.63. The van der Waals surface area contributed by atoms with Crippen LogP contribution in [0.1, 0.15) is 23.2 Å². The molecule has 1 unspecified atom stereocenters. The van der Waals surface area contributed by atoms with Gasteiger partial charge in [0.1, 0.15) is 0 Å². The molecule has 5 rings (SSSR count). The molecule has 7 heteroatoms. The highest BCUT2D eigenvalue weighted by Gasteiger charge is 2.31. The van der Waals surface area contributed by atoms with Crippen LogP contribution < -0.4 is 5.56 Å². The monoisotopic (exact) mass is 399 g/mol. The lowest BCUT2D eigenvalue weighted by molar-refractivity contribution is 0.0722. The summed E-state index contributed by atoms with van der Waals surface area (Å²) < 4.78 is 1.47. The zero-order valence-corrected chi connectivity index (χ0v) is 16.4. The molecule has 0 bridgehead atoms. The van der Waals surface area contributed by atoms with Crippen molar-refractivity contribution in [2.24, 2.45) is 0 Å². The molecule has 1 aliphatic rings. The molecule has 30 heavy (non-hydrogen) atoms. The number of likely N-dealkylation sites (tertiary alicyclic amines) is 1. The van der Waals surface area contributed by atoms with Gasteiger partial charge in [0.2, 0.25) is 0 Å². The molecule has 4 aromatic rings. The normalized spacial score (nSPS) is 16.3. The molecule has 1 amide bonds. The van der Waals surface area contributed by atoms with E-state index in [9.17, 15) is 9.59 Å². The number of amides is 1. The molecule has 0 saturated carbocycles. The van der Waals surface area contributed by atoms with Crippen molar-refractivity contribution in [1.82, 2.24) is 24.6 Å². The maximum Gasteiger partial charge on any atom is 0.266 e. The molecule has 1 atom stereocenters. The van der Waals surface area contributed by atoms with Crippen molar-refractivity contribution < 1.29 is 4.79 Å². The summed E-state index contributed by atoms with van der Waals surface area (Å²) >= 11 is 0. The third-order valence-electron chi connectivity index (χ3n) is 5.67. The van der Waals surface area contributed by atoms with Gasteiger partial charge in [0.25, 0.3) is 11.5 Å². The Labute approximate surface area is 173 Å². The second kappa shape index (κ2) is 7.59. The van der Waals surface area contributed by atoms with Crippen LogP contribution in [0.3, 0.4) is 0 Å². The fourth-order valence-corrected chi connectivity index (χ4v) is 4.17. The van der Waals surface area contributed by atoms with Crippen molar-refractivity contribution in [1.29, 1.82) is 0 Å². The van der Waals surface area contributed by atoms with Gasteiger partial charge in [0.15, 0.2) is 0 Å². The fourth-order valence-electron chi connectivity index (χ4n) is 4.17. The van der Waals surface area contributed by atoms with E-state index in [4.69, 9.17) is 0 Å². The molecule has 4 heterocycles. The van der Waals surface area contributed by atoms with Crippen LogP contribution in [0.4, 0.5) is 0 Å². The van der Waals surface area contributed by atoms with E-state index in [1.807, 2.05) is 47.5 Å². The van der Waals surface area contributed by atoms with Crippen LogP contribution in [0.5, 0.6) is 0 Å². The number of nitrogens with zero attached hydrogens (tertiary/aromatic N) is 4. The fraction of sp³-hybridized carbons (Fsp3) is 0.217. The second-order valence-corrected chi connectivity index (χ2v) is 7.52. The molecule has 1 fully saturated rings. The summed E-state index contributed by atoms with van der Waals surface area (Å²) in [5, 5.41) is 5.45. The van der Waals surface area contributed by atoms with Gasteiger partial charge in [-0.2, -0.15) is 5.10 Å². The number of H-pyrrole nitrogens is 1. The molecule has 7 nitrogen and oxygen atoms in total. The SMILES string of the molecule is O=C(c1cccc2[nH]ccc12)N1CCCC1Cn1nc(-c2cccnc2)ccc1=O. The first-order valence-electron chi connectivity index (χ1n) is 10.1. The van der Waals surface area contributed by atoms with Crippen LogP contribution in [-0.2, 0) is 6.54 Å². The van der Waals surface area contributed by atoms with Gasteiger partial charge in [0.05, 0.1) is 18.3 Å². The van der Waals surface area contributed by atoms with Gasteiger partial charge in [-0.1, -0.05) is 6.07 Å². The van der Waals surface area contributed by atoms with E-state index in [0.717, 1.165) is 29.3 Å². The predicted octanol–water partition coefficient (Wildman–Crippen LogP) is 3.09. The quantitative estimate of drug-likeness (QED) is 0.572. The van der Waals surface area contributed by atoms with Gasteiger partial charge in [-0.15, -0.1) is 0 Å². The van der Waals surface area contributed by atoms with Gasteiger partial charge in [-0.05, 0) is 49.2 Å². The Morgan fingerprint density at radius 2 is 2.07 bits per heavy atom. The standard InChI is InChI=1S/C23H21N5O2/c29-22-9-8-20(16-4-2-11-24-14-16)26-28(22)15-17-5-3-13-27(17)23(30)19-6-1-7-21-18(19)10-12-25-21/h1-2,4,6-12,14,17,25H,3,5,13,15H2. The van der Waals surface area contributed by atoms with Crippen molar-refractivity contribution in [2.45, 2.75) is 25.4 Å². The van der Waals surface area contributed by atoms with E-state index in [2.05, 4.69) is 15.1 Å². The molecular weight excluding hydrogens is 378 g/mol. The van der Waals surface area contributed by atoms with Gasteiger partial charge >= 0.3 is 0 Å². The van der Waals surface area contributed by atoms with E-state index >= 15 is 0 Å². The third-order valence-corrected chi connectivity index (χ3v) is 5.67. The zero-order valence-electron chi connectivity index (χ0n) is 16.4. The van der Waals surface area contributed by atoms with Crippen molar-refractivity contribution in [3.8, 4) is 11.3 Å². The van der Waals surface area contributed by atoms with E-state index in [1.54, 1.807) is 18.5 Å². The van der Waals surface area contributed by atoms with Gasteiger partial charge in [0, 0.05) is 53.2 Å². The average molecular weight is 399 g/mol. The van der Waals surface area contributed by atoms with Crippen LogP contribution in [0.2, 0.25) is 0 Å². The zero-order chi connectivity index (χ0) is 20.5. The minimum absolute atomic E-state index is 0.000775. The molecule has 3 aromatic heterocycles. The molecule has 0 radical (unpaired) electrons. The van der Waals surface area contributed by atoms with Crippen molar-refractivity contribution >= 4 is 16.8 Å². The Balaban J connectivity index is 1.43. The van der Waals surface area contributed by atoms with Crippen molar-refractivity contribution in [3.63, 3.8) is 0 Å². The first-order valence-corrected chi connectivity index (χ1v) is 10.1. The van der Waals surface area contributed by atoms with Crippen LogP contribution in [-0.4, -0.2) is 43.1 Å². The highest BCUT2D eigenvalue weighted by molar-refractivity contribution is 6.06. The molecular formula is C23H21N5O2. The number of fused-ring (bicyclic) bond motifs is 1. The number of aromatic amines is 1. The number of rotatable bonds is 4. The highest BCUT2D eigenvalue weighted by atomic mass is 16.2. The summed E-state index contributed by atoms with van der Waals surface area (Å²) in [6.07, 6.45) is 7.03. The van der Waals surface area contributed by atoms with Gasteiger partial charge in [-0.3, -0.25) is 14.6 Å². The number of benzene rings is 1. The number of hydrogen-bond acceptors (Lipinski definition) is 4. The summed E-state index contributed by atoms with van der Waals surface area (Å²) in [4.78, 5) is 34.9. The van der Waals surface area contributed by atoms with E-state index in [-0.39, 0.29) is 17.5 Å². The van der Waals surface area contributed by atoms with E-state index in [0.29, 0.717) is 24.3 Å². The number of hydrogen-bond donors (Lipinski definition) is 1. The smallest absolute Gasteiger partial charge is 0.266 e. The van der Waals surface area contributed by atoms with E-state index < -0.39 is 0 Å². The first-order chi connectivity index (χ1) is 14.7. The largest absolute Gasteiger partial charge is 0.361 e. The lowest BCUT2D eigenvalue weighted by atomic mass is 10.1. The third kappa shape index (κ3) is 3.28. The Morgan fingerprint density at radius 3 is 2.93 bits per heavy atom. The Morgan fingerprint density at radius 1 is 1.13 bits per heavy atom. The number of aromatic nitrogens is 4. The second-order valence-electron chi connectivity index (χ2n) is 7.52. The molecule has 1 N–H and O–H groups in total. The summed E-state index contributed by atoms with van der Waals surface area (Å²) in [5.74, 6) is -0.000775. The lowest BCUT2D eigenvalue weighted by Gasteiger charge is -2.25. The van der Waals surface area contributed by atoms with E-state index in [1.165, 1.54) is 10.7 Å². The van der Waals surface area contributed by atoms with Crippen molar-refractivity contribution in [2.75, 3.05) is 6.54 Å². The van der Waals surface area contributed by atoms with Crippen molar-refractivity contribution in [3.05, 3.63) is 83.0 Å². The minimum Gasteiger partial charge on any atom is -0.361 e. The summed E-state index contributed by atoms with van der Waals surface area (Å²) in [5.41, 5.74) is 3.00. The average Bonchev–Trinajstić information content (AvgIpc) is 3.44. The summed E-state index contributed by atoms with van der Waals surface area (Å²) in [6, 6.07) is 14.6. The molecule has 1 aromatic carbocycles. The van der Waals surface area contributed by atoms with Crippen LogP contribution in [0, 0.1) is 0 Å². The number of carbonyl (C=O) groups excluding carboxylic acids is 1. The summed E-state index contributed by atoms with van der Waals surface area (Å²) in [7, 11) is 0. The lowest BCUT2D eigenvalue weighted by Crippen LogP contribution is -2.40. The molecule has 0 spiro atoms. The maximum atomic E-state index is 13.3. The van der Waals surface area contributed by atoms with Gasteiger partial charge < -0.3 is 9.88 Å². The molecule has 1 saturated heterocycles. The molecule has 1 aliphatic heterocycles. The van der Waals surface area contributed by atoms with Gasteiger partial charge in [-0.25, -0.2) is 4.68 Å². The predicted molar refractivity (Wildman–Crippen MR) is 114 cm³/mol. The number of nitrogens with one attached hydrogen (secondary N) is 1. The topological polar surface area (TPSA) is 83.9 Å².